The largest absolute Gasteiger partial charge is 0.494 e. The first-order valence-corrected chi connectivity index (χ1v) is 10.9. The number of rotatable bonds is 10. The number of hydrogen-bond acceptors (Lipinski definition) is 8. The average molecular weight is 473 g/mol. The number of halogens is 3. The predicted octanol–water partition coefficient (Wildman–Crippen LogP) is 2.33. The topological polar surface area (TPSA) is 98.7 Å². The molecule has 0 radical (unpaired) electrons. The van der Waals surface area contributed by atoms with Gasteiger partial charge in [0.25, 0.3) is 0 Å². The lowest BCUT2D eigenvalue weighted by molar-refractivity contribution is -0.142. The number of likely N-dealkylation sites (tertiary alicyclic amines) is 1. The summed E-state index contributed by atoms with van der Waals surface area (Å²) >= 11 is 0. The minimum absolute atomic E-state index is 0.279. The van der Waals surface area contributed by atoms with E-state index in [2.05, 4.69) is 33.0 Å². The van der Waals surface area contributed by atoms with E-state index in [1.54, 1.807) is 7.05 Å². The molecule has 1 unspecified atom stereocenters. The van der Waals surface area contributed by atoms with E-state index in [1.807, 2.05) is 12.1 Å². The molecule has 3 rings (SSSR count). The van der Waals surface area contributed by atoms with Gasteiger partial charge in [-0.1, -0.05) is 12.1 Å². The fourth-order valence-corrected chi connectivity index (χ4v) is 3.88. The highest BCUT2D eigenvalue weighted by Gasteiger charge is 2.41. The normalized spacial score (nSPS) is 20.6. The number of unbranched alkanes of at least 4 members (excludes halogenated alkanes) is 1. The van der Waals surface area contributed by atoms with E-state index in [-0.39, 0.29) is 6.61 Å². The molecule has 12 heteroatoms. The highest BCUT2D eigenvalue weighted by Crippen LogP contribution is 2.30. The van der Waals surface area contributed by atoms with Crippen molar-refractivity contribution in [2.75, 3.05) is 40.0 Å². The van der Waals surface area contributed by atoms with E-state index < -0.39 is 24.3 Å². The van der Waals surface area contributed by atoms with Crippen molar-refractivity contribution in [2.45, 2.75) is 44.1 Å². The molecule has 0 bridgehead atoms. The molecule has 3 N–H and O–H groups in total. The monoisotopic (exact) mass is 473 g/mol. The van der Waals surface area contributed by atoms with Crippen LogP contribution in [-0.2, 0) is 9.53 Å². The van der Waals surface area contributed by atoms with Crippen LogP contribution in [0.1, 0.15) is 37.2 Å². The maximum atomic E-state index is 12.8. The lowest BCUT2D eigenvalue weighted by atomic mass is 9.89. The molecule has 0 aromatic heterocycles. The highest BCUT2D eigenvalue weighted by atomic mass is 19.4. The number of benzene rings is 1. The van der Waals surface area contributed by atoms with Crippen molar-refractivity contribution in [2.24, 2.45) is 5.10 Å². The molecule has 0 amide bonds. The Morgan fingerprint density at radius 1 is 1.18 bits per heavy atom. The van der Waals surface area contributed by atoms with Crippen LogP contribution >= 0.6 is 0 Å². The quantitative estimate of drug-likeness (QED) is 0.446. The van der Waals surface area contributed by atoms with Crippen LogP contribution in [0, 0.1) is 0 Å². The summed E-state index contributed by atoms with van der Waals surface area (Å²) in [7, 11) is 1.56. The van der Waals surface area contributed by atoms with E-state index in [1.165, 1.54) is 10.6 Å². The Morgan fingerprint density at radius 3 is 2.45 bits per heavy atom. The summed E-state index contributed by atoms with van der Waals surface area (Å²) < 4.78 is 49.1. The molecule has 1 aromatic rings. The molecule has 184 valence electrons. The number of aliphatic carboxylic acids is 1. The smallest absolute Gasteiger partial charge is 0.452 e. The highest BCUT2D eigenvalue weighted by molar-refractivity contribution is 5.87. The Morgan fingerprint density at radius 2 is 1.85 bits per heavy atom. The molecular weight excluding hydrogens is 443 g/mol. The molecule has 1 saturated heterocycles. The van der Waals surface area contributed by atoms with Crippen molar-refractivity contribution < 1.29 is 32.5 Å². The molecule has 1 fully saturated rings. The number of hydrazone groups is 1. The van der Waals surface area contributed by atoms with Crippen LogP contribution in [0.4, 0.5) is 13.2 Å². The number of hydrazine groups is 1. The number of carboxylic acid groups (broad SMARTS) is 1. The second kappa shape index (κ2) is 11.5. The molecule has 2 heterocycles. The predicted molar refractivity (Wildman–Crippen MR) is 114 cm³/mol. The molecular formula is C21H30F3N5O4. The summed E-state index contributed by atoms with van der Waals surface area (Å²) in [5.74, 6) is -0.872. The second-order valence-electron chi connectivity index (χ2n) is 8.06. The zero-order valence-electron chi connectivity index (χ0n) is 18.5. The zero-order valence-corrected chi connectivity index (χ0v) is 18.5. The van der Waals surface area contributed by atoms with Crippen molar-refractivity contribution >= 4 is 11.8 Å². The SMILES string of the molecule is CN1NC(C(F)(F)F)=NNC1N1CCC(c2ccc(OCCCCOCC(=O)O)cc2)CC1. The summed E-state index contributed by atoms with van der Waals surface area (Å²) in [6, 6.07) is 7.99. The lowest BCUT2D eigenvalue weighted by Crippen LogP contribution is -2.65. The Hall–Kier alpha value is -2.57. The number of carbonyl (C=O) groups is 1. The van der Waals surface area contributed by atoms with Gasteiger partial charge in [-0.05, 0) is 49.3 Å². The average Bonchev–Trinajstić information content (AvgIpc) is 2.78. The van der Waals surface area contributed by atoms with Crippen molar-refractivity contribution in [3.8, 4) is 5.75 Å². The van der Waals surface area contributed by atoms with Gasteiger partial charge in [0, 0.05) is 26.7 Å². The standard InChI is InChI=1S/C21H30F3N5O4/c1-28-20(26-25-19(27-28)21(22,23)24)29-10-8-16(9-11-29)15-4-6-17(7-5-15)33-13-3-2-12-32-14-18(30)31/h4-7,16,20,26H,2-3,8-14H2,1H3,(H,25,27)(H,30,31). The minimum Gasteiger partial charge on any atom is -0.494 e. The maximum absolute atomic E-state index is 12.8. The number of alkyl halides is 3. The minimum atomic E-state index is -4.52. The van der Waals surface area contributed by atoms with Crippen LogP contribution in [0.25, 0.3) is 0 Å². The number of hydrogen-bond donors (Lipinski definition) is 3. The zero-order chi connectivity index (χ0) is 23.8. The Labute approximate surface area is 190 Å². The van der Waals surface area contributed by atoms with Crippen molar-refractivity contribution in [1.82, 2.24) is 20.8 Å². The third kappa shape index (κ3) is 7.47. The third-order valence-corrected chi connectivity index (χ3v) is 5.61. The number of carboxylic acids is 1. The van der Waals surface area contributed by atoms with Crippen LogP contribution in [0.15, 0.2) is 29.4 Å². The Kier molecular flexibility index (Phi) is 8.75. The molecule has 2 aliphatic rings. The fraction of sp³-hybridized carbons (Fsp3) is 0.619. The molecule has 1 atom stereocenters. The van der Waals surface area contributed by atoms with E-state index in [0.717, 1.165) is 44.5 Å². The van der Waals surface area contributed by atoms with Gasteiger partial charge in [-0.2, -0.15) is 23.3 Å². The van der Waals surface area contributed by atoms with E-state index in [4.69, 9.17) is 14.6 Å². The van der Waals surface area contributed by atoms with Gasteiger partial charge in [0.1, 0.15) is 12.4 Å². The number of nitrogens with one attached hydrogen (secondary N) is 2. The van der Waals surface area contributed by atoms with Gasteiger partial charge >= 0.3 is 12.1 Å². The number of amidine groups is 1. The summed E-state index contributed by atoms with van der Waals surface area (Å²) in [5, 5.41) is 13.3. The summed E-state index contributed by atoms with van der Waals surface area (Å²) in [6.45, 7) is 2.10. The first-order valence-electron chi connectivity index (χ1n) is 10.9. The molecule has 0 spiro atoms. The summed E-state index contributed by atoms with van der Waals surface area (Å²) in [6.07, 6.45) is -1.69. The summed E-state index contributed by atoms with van der Waals surface area (Å²) in [4.78, 5) is 12.4. The second-order valence-corrected chi connectivity index (χ2v) is 8.06. The third-order valence-electron chi connectivity index (χ3n) is 5.61. The van der Waals surface area contributed by atoms with Gasteiger partial charge < -0.3 is 14.6 Å². The van der Waals surface area contributed by atoms with Crippen molar-refractivity contribution in [3.63, 3.8) is 0 Å². The molecule has 2 aliphatic heterocycles. The molecule has 0 aliphatic carbocycles. The van der Waals surface area contributed by atoms with Crippen LogP contribution in [-0.4, -0.2) is 79.2 Å². The molecule has 1 aromatic carbocycles. The molecule has 9 nitrogen and oxygen atoms in total. The van der Waals surface area contributed by atoms with Gasteiger partial charge in [0.15, 0.2) is 6.29 Å². The van der Waals surface area contributed by atoms with Gasteiger partial charge in [-0.25, -0.2) is 4.79 Å². The van der Waals surface area contributed by atoms with E-state index in [9.17, 15) is 18.0 Å². The Bertz CT molecular complexity index is 798. The summed E-state index contributed by atoms with van der Waals surface area (Å²) in [5.41, 5.74) is 6.11. The first-order chi connectivity index (χ1) is 15.7. The first kappa shape index (κ1) is 25.1. The van der Waals surface area contributed by atoms with Crippen LogP contribution in [0.3, 0.4) is 0 Å². The van der Waals surface area contributed by atoms with Gasteiger partial charge in [0.2, 0.25) is 5.84 Å². The molecule has 0 saturated carbocycles. The molecule has 33 heavy (non-hydrogen) atoms. The van der Waals surface area contributed by atoms with E-state index in [0.29, 0.717) is 19.1 Å². The maximum Gasteiger partial charge on any atom is 0.452 e. The van der Waals surface area contributed by atoms with Gasteiger partial charge in [-0.15, -0.1) is 0 Å². The van der Waals surface area contributed by atoms with Crippen LogP contribution in [0.5, 0.6) is 5.75 Å². The van der Waals surface area contributed by atoms with Gasteiger partial charge in [0.05, 0.1) is 6.61 Å². The number of nitrogens with zero attached hydrogens (tertiary/aromatic N) is 3. The number of piperidine rings is 1. The van der Waals surface area contributed by atoms with Crippen molar-refractivity contribution in [3.05, 3.63) is 29.8 Å². The van der Waals surface area contributed by atoms with Crippen molar-refractivity contribution in [1.29, 1.82) is 0 Å². The number of ether oxygens (including phenoxy) is 2. The van der Waals surface area contributed by atoms with E-state index >= 15 is 0 Å². The fourth-order valence-electron chi connectivity index (χ4n) is 3.88. The van der Waals surface area contributed by atoms with Crippen LogP contribution in [0.2, 0.25) is 0 Å². The Balaban J connectivity index is 1.38. The van der Waals surface area contributed by atoms with Gasteiger partial charge in [-0.3, -0.25) is 15.8 Å². The van der Waals surface area contributed by atoms with Crippen LogP contribution < -0.4 is 15.6 Å². The lowest BCUT2D eigenvalue weighted by Gasteiger charge is -2.43.